The molecule has 1 aromatic carbocycles. The van der Waals surface area contributed by atoms with Gasteiger partial charge >= 0.3 is 0 Å². The lowest BCUT2D eigenvalue weighted by molar-refractivity contribution is -0.125. The third kappa shape index (κ3) is 5.69. The Labute approximate surface area is 136 Å². The molecule has 0 bridgehead atoms. The molecule has 7 nitrogen and oxygen atoms in total. The van der Waals surface area contributed by atoms with E-state index in [-0.39, 0.29) is 24.8 Å². The van der Waals surface area contributed by atoms with Gasteiger partial charge in [-0.2, -0.15) is 0 Å². The zero-order valence-corrected chi connectivity index (χ0v) is 14.0. The lowest BCUT2D eigenvalue weighted by Gasteiger charge is -2.14. The van der Waals surface area contributed by atoms with Gasteiger partial charge in [0.15, 0.2) is 11.5 Å². The highest BCUT2D eigenvalue weighted by molar-refractivity contribution is 5.85. The zero-order valence-electron chi connectivity index (χ0n) is 14.0. The van der Waals surface area contributed by atoms with E-state index < -0.39 is 0 Å². The number of hydrogen-bond donors (Lipinski definition) is 2. The summed E-state index contributed by atoms with van der Waals surface area (Å²) in [5, 5.41) is 5.27. The summed E-state index contributed by atoms with van der Waals surface area (Å²) in [6.45, 7) is 2.52. The fourth-order valence-electron chi connectivity index (χ4n) is 1.99. The van der Waals surface area contributed by atoms with Gasteiger partial charge in [0, 0.05) is 6.54 Å². The molecule has 2 amide bonds. The second-order valence-corrected chi connectivity index (χ2v) is 4.84. The molecule has 7 heteroatoms. The smallest absolute Gasteiger partial charge is 0.239 e. The average Bonchev–Trinajstić information content (AvgIpc) is 2.56. The summed E-state index contributed by atoms with van der Waals surface area (Å²) in [4.78, 5) is 23.4. The van der Waals surface area contributed by atoms with E-state index in [2.05, 4.69) is 10.6 Å². The largest absolute Gasteiger partial charge is 0.493 e. The van der Waals surface area contributed by atoms with Gasteiger partial charge < -0.3 is 24.8 Å². The highest BCUT2D eigenvalue weighted by Crippen LogP contribution is 2.38. The van der Waals surface area contributed by atoms with Gasteiger partial charge in [0.1, 0.15) is 0 Å². The van der Waals surface area contributed by atoms with Gasteiger partial charge in [0.25, 0.3) is 0 Å². The van der Waals surface area contributed by atoms with E-state index in [0.717, 1.165) is 6.42 Å². The monoisotopic (exact) mass is 324 g/mol. The fourth-order valence-corrected chi connectivity index (χ4v) is 1.99. The van der Waals surface area contributed by atoms with Crippen LogP contribution in [-0.4, -0.2) is 46.2 Å². The number of methoxy groups -OCH3 is 3. The highest BCUT2D eigenvalue weighted by Gasteiger charge is 2.15. The van der Waals surface area contributed by atoms with Crippen LogP contribution >= 0.6 is 0 Å². The highest BCUT2D eigenvalue weighted by atomic mass is 16.5. The van der Waals surface area contributed by atoms with Gasteiger partial charge in [-0.25, -0.2) is 0 Å². The second-order valence-electron chi connectivity index (χ2n) is 4.84. The third-order valence-corrected chi connectivity index (χ3v) is 3.11. The number of amides is 2. The number of ether oxygens (including phenoxy) is 3. The second kappa shape index (κ2) is 9.55. The van der Waals surface area contributed by atoms with Crippen molar-refractivity contribution in [2.75, 3.05) is 34.4 Å². The normalized spacial score (nSPS) is 9.91. The van der Waals surface area contributed by atoms with E-state index in [4.69, 9.17) is 14.2 Å². The SMILES string of the molecule is CCCNC(=O)CNC(=O)Cc1cc(OC)c(OC)c(OC)c1. The fraction of sp³-hybridized carbons (Fsp3) is 0.500. The number of nitrogens with one attached hydrogen (secondary N) is 2. The van der Waals surface area contributed by atoms with Crippen molar-refractivity contribution in [2.45, 2.75) is 19.8 Å². The van der Waals surface area contributed by atoms with E-state index in [1.807, 2.05) is 6.92 Å². The van der Waals surface area contributed by atoms with Crippen LogP contribution in [-0.2, 0) is 16.0 Å². The first-order valence-electron chi connectivity index (χ1n) is 7.37. The molecule has 23 heavy (non-hydrogen) atoms. The molecule has 0 saturated heterocycles. The minimum atomic E-state index is -0.258. The number of hydrogen-bond acceptors (Lipinski definition) is 5. The van der Waals surface area contributed by atoms with Crippen LogP contribution in [0.1, 0.15) is 18.9 Å². The molecular weight excluding hydrogens is 300 g/mol. The molecule has 0 fully saturated rings. The predicted octanol–water partition coefficient (Wildman–Crippen LogP) is 0.897. The number of benzene rings is 1. The van der Waals surface area contributed by atoms with Crippen molar-refractivity contribution < 1.29 is 23.8 Å². The van der Waals surface area contributed by atoms with E-state index in [9.17, 15) is 9.59 Å². The predicted molar refractivity (Wildman–Crippen MR) is 86.1 cm³/mol. The maximum atomic E-state index is 11.9. The van der Waals surface area contributed by atoms with E-state index >= 15 is 0 Å². The van der Waals surface area contributed by atoms with Gasteiger partial charge in [-0.1, -0.05) is 6.92 Å². The first-order chi connectivity index (χ1) is 11.0. The van der Waals surface area contributed by atoms with Crippen molar-refractivity contribution >= 4 is 11.8 Å². The first-order valence-corrected chi connectivity index (χ1v) is 7.37. The van der Waals surface area contributed by atoms with Gasteiger partial charge in [-0.05, 0) is 24.1 Å². The molecule has 0 unspecified atom stereocenters. The van der Waals surface area contributed by atoms with Crippen LogP contribution in [0.2, 0.25) is 0 Å². The van der Waals surface area contributed by atoms with Crippen LogP contribution in [0.3, 0.4) is 0 Å². The average molecular weight is 324 g/mol. The Bertz CT molecular complexity index is 520. The molecule has 1 aromatic rings. The Hall–Kier alpha value is -2.44. The zero-order chi connectivity index (χ0) is 17.2. The molecule has 0 saturated carbocycles. The minimum absolute atomic E-state index is 0.0384. The Kier molecular flexibility index (Phi) is 7.73. The molecule has 0 aromatic heterocycles. The van der Waals surface area contributed by atoms with Gasteiger partial charge in [-0.15, -0.1) is 0 Å². The molecule has 1 rings (SSSR count). The quantitative estimate of drug-likeness (QED) is 0.705. The van der Waals surface area contributed by atoms with E-state index in [1.54, 1.807) is 12.1 Å². The molecular formula is C16H24N2O5. The van der Waals surface area contributed by atoms with Crippen molar-refractivity contribution in [2.24, 2.45) is 0 Å². The lowest BCUT2D eigenvalue weighted by Crippen LogP contribution is -2.37. The lowest BCUT2D eigenvalue weighted by atomic mass is 10.1. The van der Waals surface area contributed by atoms with Crippen LogP contribution in [0.5, 0.6) is 17.2 Å². The molecule has 2 N–H and O–H groups in total. The summed E-state index contributed by atoms with van der Waals surface area (Å²) >= 11 is 0. The van der Waals surface area contributed by atoms with Crippen LogP contribution in [0.25, 0.3) is 0 Å². The van der Waals surface area contributed by atoms with E-state index in [1.165, 1.54) is 21.3 Å². The summed E-state index contributed by atoms with van der Waals surface area (Å²) in [6.07, 6.45) is 0.961. The Morgan fingerprint density at radius 2 is 1.57 bits per heavy atom. The van der Waals surface area contributed by atoms with Gasteiger partial charge in [0.2, 0.25) is 17.6 Å². The molecule has 128 valence electrons. The maximum Gasteiger partial charge on any atom is 0.239 e. The Morgan fingerprint density at radius 3 is 2.04 bits per heavy atom. The van der Waals surface area contributed by atoms with Crippen molar-refractivity contribution in [3.8, 4) is 17.2 Å². The molecule has 0 heterocycles. The Morgan fingerprint density at radius 1 is 0.957 bits per heavy atom. The maximum absolute atomic E-state index is 11.9. The van der Waals surface area contributed by atoms with Crippen LogP contribution in [0.4, 0.5) is 0 Å². The summed E-state index contributed by atoms with van der Waals surface area (Å²) in [5.41, 5.74) is 0.700. The van der Waals surface area contributed by atoms with Gasteiger partial charge in [-0.3, -0.25) is 9.59 Å². The van der Waals surface area contributed by atoms with Crippen molar-refractivity contribution in [1.82, 2.24) is 10.6 Å². The molecule has 0 spiro atoms. The minimum Gasteiger partial charge on any atom is -0.493 e. The van der Waals surface area contributed by atoms with Crippen molar-refractivity contribution in [1.29, 1.82) is 0 Å². The summed E-state index contributed by atoms with van der Waals surface area (Å²) in [5.74, 6) is 0.972. The van der Waals surface area contributed by atoms with Gasteiger partial charge in [0.05, 0.1) is 34.3 Å². The Balaban J connectivity index is 2.69. The standard InChI is InChI=1S/C16H24N2O5/c1-5-6-17-15(20)10-18-14(19)9-11-7-12(21-2)16(23-4)13(8-11)22-3/h7-8H,5-6,9-10H2,1-4H3,(H,17,20)(H,18,19). The summed E-state index contributed by atoms with van der Waals surface area (Å²) in [6, 6.07) is 3.41. The van der Waals surface area contributed by atoms with Crippen LogP contribution in [0.15, 0.2) is 12.1 Å². The molecule has 0 radical (unpaired) electrons. The van der Waals surface area contributed by atoms with Crippen molar-refractivity contribution in [3.63, 3.8) is 0 Å². The topological polar surface area (TPSA) is 85.9 Å². The third-order valence-electron chi connectivity index (χ3n) is 3.11. The molecule has 0 aliphatic heterocycles. The molecule has 0 aliphatic rings. The summed E-state index contributed by atoms with van der Waals surface area (Å²) in [7, 11) is 4.54. The van der Waals surface area contributed by atoms with E-state index in [0.29, 0.717) is 29.4 Å². The first kappa shape index (κ1) is 18.6. The molecule has 0 aliphatic carbocycles. The number of carbonyl (C=O) groups excluding carboxylic acids is 2. The van der Waals surface area contributed by atoms with Crippen molar-refractivity contribution in [3.05, 3.63) is 17.7 Å². The summed E-state index contributed by atoms with van der Waals surface area (Å²) < 4.78 is 15.7. The van der Waals surface area contributed by atoms with Crippen LogP contribution < -0.4 is 24.8 Å². The van der Waals surface area contributed by atoms with Crippen LogP contribution in [0, 0.1) is 0 Å². The molecule has 0 atom stereocenters. The number of carbonyl (C=O) groups is 2. The number of rotatable bonds is 9.